The summed E-state index contributed by atoms with van der Waals surface area (Å²) in [5.74, 6) is -1.04. The molecule has 0 radical (unpaired) electrons. The zero-order valence-corrected chi connectivity index (χ0v) is 11.7. The molecular formula is C12H18N4O4. The highest BCUT2D eigenvalue weighted by Gasteiger charge is 2.42. The first-order valence-electron chi connectivity index (χ1n) is 6.36. The van der Waals surface area contributed by atoms with Gasteiger partial charge in [-0.25, -0.2) is 14.3 Å². The molecule has 1 fully saturated rings. The van der Waals surface area contributed by atoms with Crippen LogP contribution in [0, 0.1) is 0 Å². The number of carboxylic acid groups (broad SMARTS) is 1. The van der Waals surface area contributed by atoms with Gasteiger partial charge in [0, 0.05) is 19.2 Å². The Kier molecular flexibility index (Phi) is 3.65. The fourth-order valence-corrected chi connectivity index (χ4v) is 2.17. The van der Waals surface area contributed by atoms with E-state index >= 15 is 0 Å². The predicted molar refractivity (Wildman–Crippen MR) is 68.0 cm³/mol. The van der Waals surface area contributed by atoms with Crippen molar-refractivity contribution in [3.63, 3.8) is 0 Å². The van der Waals surface area contributed by atoms with Crippen molar-refractivity contribution in [3.05, 3.63) is 12.4 Å². The summed E-state index contributed by atoms with van der Waals surface area (Å²) in [4.78, 5) is 24.6. The van der Waals surface area contributed by atoms with Crippen molar-refractivity contribution in [2.45, 2.75) is 44.9 Å². The number of aromatic nitrogens is 3. The number of hydrogen-bond acceptors (Lipinski definition) is 5. The maximum Gasteiger partial charge on any atom is 0.411 e. The molecule has 8 nitrogen and oxygen atoms in total. The van der Waals surface area contributed by atoms with E-state index in [9.17, 15) is 14.7 Å². The molecule has 1 amide bonds. The molecule has 0 saturated carbocycles. The number of carbonyl (C=O) groups is 2. The van der Waals surface area contributed by atoms with Crippen LogP contribution in [0.1, 0.15) is 33.2 Å². The van der Waals surface area contributed by atoms with Crippen LogP contribution in [0.25, 0.3) is 0 Å². The molecular weight excluding hydrogens is 264 g/mol. The number of aliphatic carboxylic acids is 1. The van der Waals surface area contributed by atoms with Crippen molar-refractivity contribution in [3.8, 4) is 0 Å². The lowest BCUT2D eigenvalue weighted by Gasteiger charge is -2.26. The minimum absolute atomic E-state index is 0.203. The first kappa shape index (κ1) is 14.3. The molecule has 0 spiro atoms. The Morgan fingerprint density at radius 1 is 1.40 bits per heavy atom. The van der Waals surface area contributed by atoms with Gasteiger partial charge in [-0.15, -0.1) is 5.10 Å². The molecule has 2 atom stereocenters. The van der Waals surface area contributed by atoms with Crippen LogP contribution in [-0.4, -0.2) is 55.3 Å². The molecule has 2 rings (SSSR count). The number of rotatable bonds is 2. The van der Waals surface area contributed by atoms with Crippen LogP contribution < -0.4 is 0 Å². The van der Waals surface area contributed by atoms with E-state index in [2.05, 4.69) is 10.3 Å². The second kappa shape index (κ2) is 5.10. The highest BCUT2D eigenvalue weighted by atomic mass is 16.6. The Labute approximate surface area is 116 Å². The lowest BCUT2D eigenvalue weighted by molar-refractivity contribution is -0.142. The van der Waals surface area contributed by atoms with Crippen LogP contribution in [0.2, 0.25) is 0 Å². The van der Waals surface area contributed by atoms with E-state index in [-0.39, 0.29) is 19.0 Å². The Balaban J connectivity index is 2.14. The summed E-state index contributed by atoms with van der Waals surface area (Å²) in [6, 6.07) is -1.11. The summed E-state index contributed by atoms with van der Waals surface area (Å²) >= 11 is 0. The lowest BCUT2D eigenvalue weighted by atomic mass is 10.2. The maximum absolute atomic E-state index is 12.1. The van der Waals surface area contributed by atoms with E-state index in [1.165, 1.54) is 11.1 Å². The first-order valence-corrected chi connectivity index (χ1v) is 6.36. The van der Waals surface area contributed by atoms with E-state index < -0.39 is 23.7 Å². The zero-order chi connectivity index (χ0) is 14.9. The molecule has 2 heterocycles. The van der Waals surface area contributed by atoms with Gasteiger partial charge in [0.2, 0.25) is 0 Å². The van der Waals surface area contributed by atoms with Crippen molar-refractivity contribution in [1.82, 2.24) is 19.9 Å². The van der Waals surface area contributed by atoms with E-state index in [4.69, 9.17) is 4.74 Å². The zero-order valence-electron chi connectivity index (χ0n) is 11.7. The number of nitrogens with zero attached hydrogens (tertiary/aromatic N) is 4. The topological polar surface area (TPSA) is 97.5 Å². The van der Waals surface area contributed by atoms with Crippen LogP contribution in [0.3, 0.4) is 0 Å². The second-order valence-electron chi connectivity index (χ2n) is 5.76. The van der Waals surface area contributed by atoms with Crippen LogP contribution in [-0.2, 0) is 9.53 Å². The average Bonchev–Trinajstić information content (AvgIpc) is 2.95. The Morgan fingerprint density at radius 2 is 2.10 bits per heavy atom. The lowest BCUT2D eigenvalue weighted by Crippen LogP contribution is -2.43. The molecule has 0 aliphatic carbocycles. The van der Waals surface area contributed by atoms with Gasteiger partial charge in [-0.2, -0.15) is 0 Å². The van der Waals surface area contributed by atoms with E-state index in [1.807, 2.05) is 0 Å². The third-order valence-corrected chi connectivity index (χ3v) is 3.01. The van der Waals surface area contributed by atoms with Crippen molar-refractivity contribution in [2.75, 3.05) is 6.54 Å². The van der Waals surface area contributed by atoms with Gasteiger partial charge in [0.1, 0.15) is 11.6 Å². The maximum atomic E-state index is 12.1. The SMILES string of the molecule is CC(C)(C)OC(=O)N1C[C@@H](n2ccnn2)C[C@@H]1C(=O)O. The van der Waals surface area contributed by atoms with Crippen molar-refractivity contribution < 1.29 is 19.4 Å². The molecule has 1 N–H and O–H groups in total. The van der Waals surface area contributed by atoms with Gasteiger partial charge in [0.05, 0.1) is 12.2 Å². The number of carboxylic acids is 1. The quantitative estimate of drug-likeness (QED) is 0.866. The summed E-state index contributed by atoms with van der Waals surface area (Å²) in [6.07, 6.45) is 2.85. The Hall–Kier alpha value is -2.12. The molecule has 20 heavy (non-hydrogen) atoms. The summed E-state index contributed by atoms with van der Waals surface area (Å²) in [7, 11) is 0. The largest absolute Gasteiger partial charge is 0.480 e. The Morgan fingerprint density at radius 3 is 2.60 bits per heavy atom. The van der Waals surface area contributed by atoms with Gasteiger partial charge >= 0.3 is 12.1 Å². The van der Waals surface area contributed by atoms with Gasteiger partial charge < -0.3 is 9.84 Å². The summed E-state index contributed by atoms with van der Waals surface area (Å²) in [5.41, 5.74) is -0.661. The fraction of sp³-hybridized carbons (Fsp3) is 0.667. The van der Waals surface area contributed by atoms with Gasteiger partial charge in [0.25, 0.3) is 0 Å². The van der Waals surface area contributed by atoms with Crippen molar-refractivity contribution in [2.24, 2.45) is 0 Å². The normalized spacial score (nSPS) is 22.9. The number of amides is 1. The van der Waals surface area contributed by atoms with Crippen LogP contribution >= 0.6 is 0 Å². The standard InChI is InChI=1S/C12H18N4O4/c1-12(2,3)20-11(19)15-7-8(6-9(15)10(17)18)16-5-4-13-14-16/h4-5,8-9H,6-7H2,1-3H3,(H,17,18)/t8-,9+/m0/s1. The fourth-order valence-electron chi connectivity index (χ4n) is 2.17. The number of carbonyl (C=O) groups excluding carboxylic acids is 1. The average molecular weight is 282 g/mol. The molecule has 8 heteroatoms. The van der Waals surface area contributed by atoms with Crippen molar-refractivity contribution in [1.29, 1.82) is 0 Å². The molecule has 0 unspecified atom stereocenters. The highest BCUT2D eigenvalue weighted by Crippen LogP contribution is 2.28. The molecule has 110 valence electrons. The monoisotopic (exact) mass is 282 g/mol. The van der Waals surface area contributed by atoms with Gasteiger partial charge in [0.15, 0.2) is 0 Å². The predicted octanol–water partition coefficient (Wildman–Crippen LogP) is 0.913. The van der Waals surface area contributed by atoms with E-state index in [0.717, 1.165) is 0 Å². The molecule has 0 bridgehead atoms. The van der Waals surface area contributed by atoms with E-state index in [0.29, 0.717) is 0 Å². The third kappa shape index (κ3) is 3.06. The smallest absolute Gasteiger partial charge is 0.411 e. The third-order valence-electron chi connectivity index (χ3n) is 3.01. The number of likely N-dealkylation sites (tertiary alicyclic amines) is 1. The summed E-state index contributed by atoms with van der Waals surface area (Å²) in [6.45, 7) is 5.47. The molecule has 0 aromatic carbocycles. The summed E-state index contributed by atoms with van der Waals surface area (Å²) in [5, 5.41) is 16.8. The highest BCUT2D eigenvalue weighted by molar-refractivity contribution is 5.81. The van der Waals surface area contributed by atoms with Gasteiger partial charge in [-0.3, -0.25) is 4.90 Å². The molecule has 1 aromatic heterocycles. The van der Waals surface area contributed by atoms with Crippen LogP contribution in [0.5, 0.6) is 0 Å². The minimum atomic E-state index is -1.04. The first-order chi connectivity index (χ1) is 9.28. The number of ether oxygens (including phenoxy) is 1. The van der Waals surface area contributed by atoms with Gasteiger partial charge in [-0.1, -0.05) is 5.21 Å². The van der Waals surface area contributed by atoms with Crippen molar-refractivity contribution >= 4 is 12.1 Å². The second-order valence-corrected chi connectivity index (χ2v) is 5.76. The van der Waals surface area contributed by atoms with E-state index in [1.54, 1.807) is 31.6 Å². The number of hydrogen-bond donors (Lipinski definition) is 1. The molecule has 1 aliphatic heterocycles. The van der Waals surface area contributed by atoms with Crippen LogP contribution in [0.15, 0.2) is 12.4 Å². The minimum Gasteiger partial charge on any atom is -0.480 e. The Bertz CT molecular complexity index is 494. The summed E-state index contributed by atoms with van der Waals surface area (Å²) < 4.78 is 6.82. The van der Waals surface area contributed by atoms with Gasteiger partial charge in [-0.05, 0) is 20.8 Å². The van der Waals surface area contributed by atoms with Crippen LogP contribution in [0.4, 0.5) is 4.79 Å². The molecule has 1 saturated heterocycles. The molecule has 1 aliphatic rings. The molecule has 1 aromatic rings.